The lowest BCUT2D eigenvalue weighted by Crippen LogP contribution is -2.33. The number of nitrogens with two attached hydrogens (primary N) is 1. The van der Waals surface area contributed by atoms with Crippen LogP contribution < -0.4 is 16.4 Å². The van der Waals surface area contributed by atoms with Crippen molar-refractivity contribution in [3.8, 4) is 0 Å². The molecule has 1 aromatic carbocycles. The highest BCUT2D eigenvalue weighted by atomic mass is 16.6. The second-order valence-corrected chi connectivity index (χ2v) is 7.11. The number of ether oxygens (including phenoxy) is 1. The number of benzene rings is 1. The molecule has 0 saturated carbocycles. The molecule has 140 valence electrons. The molecule has 1 aromatic rings. The Bertz CT molecular complexity index is 562. The maximum absolute atomic E-state index is 11.5. The number of hydrogen-bond donors (Lipinski definition) is 3. The fourth-order valence-electron chi connectivity index (χ4n) is 2.10. The number of aliphatic imine (C=N–C) groups is 1. The van der Waals surface area contributed by atoms with Gasteiger partial charge in [-0.1, -0.05) is 26.0 Å². The maximum Gasteiger partial charge on any atom is 0.407 e. The normalized spacial score (nSPS) is 13.2. The Labute approximate surface area is 151 Å². The SMILES string of the molecule is CCC(C)c1ccc(NC(N)=NCCCNC(=O)OC(C)(C)C)cc1. The van der Waals surface area contributed by atoms with Gasteiger partial charge in [0.2, 0.25) is 0 Å². The molecule has 25 heavy (non-hydrogen) atoms. The van der Waals surface area contributed by atoms with E-state index < -0.39 is 11.7 Å². The highest BCUT2D eigenvalue weighted by Gasteiger charge is 2.15. The lowest BCUT2D eigenvalue weighted by molar-refractivity contribution is 0.0527. The van der Waals surface area contributed by atoms with Crippen LogP contribution >= 0.6 is 0 Å². The molecule has 4 N–H and O–H groups in total. The first-order valence-electron chi connectivity index (χ1n) is 8.85. The smallest absolute Gasteiger partial charge is 0.407 e. The van der Waals surface area contributed by atoms with Crippen molar-refractivity contribution in [1.82, 2.24) is 5.32 Å². The summed E-state index contributed by atoms with van der Waals surface area (Å²) in [4.78, 5) is 15.7. The molecule has 0 spiro atoms. The number of anilines is 1. The Morgan fingerprint density at radius 3 is 2.48 bits per heavy atom. The molecule has 6 heteroatoms. The third-order valence-electron chi connectivity index (χ3n) is 3.65. The predicted octanol–water partition coefficient (Wildman–Crippen LogP) is 3.84. The summed E-state index contributed by atoms with van der Waals surface area (Å²) in [7, 11) is 0. The minimum atomic E-state index is -0.485. The molecule has 1 atom stereocenters. The van der Waals surface area contributed by atoms with Crippen molar-refractivity contribution in [1.29, 1.82) is 0 Å². The van der Waals surface area contributed by atoms with Gasteiger partial charge in [0.1, 0.15) is 5.60 Å². The van der Waals surface area contributed by atoms with Gasteiger partial charge in [0.25, 0.3) is 0 Å². The molecular weight excluding hydrogens is 316 g/mol. The number of alkyl carbamates (subject to hydrolysis) is 1. The van der Waals surface area contributed by atoms with E-state index >= 15 is 0 Å². The van der Waals surface area contributed by atoms with E-state index in [1.807, 2.05) is 32.9 Å². The molecule has 0 bridgehead atoms. The standard InChI is InChI=1S/C19H32N4O2/c1-6-14(2)15-8-10-16(11-9-15)23-17(20)21-12-7-13-22-18(24)25-19(3,4)5/h8-11,14H,6-7,12-13H2,1-5H3,(H,22,24)(H3,20,21,23). The number of carbonyl (C=O) groups is 1. The summed E-state index contributed by atoms with van der Waals surface area (Å²) in [5.74, 6) is 0.922. The highest BCUT2D eigenvalue weighted by molar-refractivity contribution is 5.92. The van der Waals surface area contributed by atoms with E-state index in [9.17, 15) is 4.79 Å². The number of nitrogens with one attached hydrogen (secondary N) is 2. The average molecular weight is 348 g/mol. The Balaban J connectivity index is 2.31. The fraction of sp³-hybridized carbons (Fsp3) is 0.579. The first kappa shape index (κ1) is 20.8. The van der Waals surface area contributed by atoms with Crippen molar-refractivity contribution in [3.05, 3.63) is 29.8 Å². The number of guanidine groups is 1. The largest absolute Gasteiger partial charge is 0.444 e. The number of carbonyl (C=O) groups excluding carboxylic acids is 1. The monoisotopic (exact) mass is 348 g/mol. The number of nitrogens with zero attached hydrogens (tertiary/aromatic N) is 1. The summed E-state index contributed by atoms with van der Waals surface area (Å²) < 4.78 is 5.16. The molecule has 0 fully saturated rings. The number of hydrogen-bond acceptors (Lipinski definition) is 3. The molecule has 1 rings (SSSR count). The van der Waals surface area contributed by atoms with E-state index in [0.29, 0.717) is 31.4 Å². The van der Waals surface area contributed by atoms with Gasteiger partial charge in [0.15, 0.2) is 5.96 Å². The summed E-state index contributed by atoms with van der Waals surface area (Å²) in [6, 6.07) is 8.23. The summed E-state index contributed by atoms with van der Waals surface area (Å²) in [5, 5.41) is 5.77. The van der Waals surface area contributed by atoms with Gasteiger partial charge in [-0.25, -0.2) is 4.79 Å². The zero-order valence-electron chi connectivity index (χ0n) is 16.1. The Hall–Kier alpha value is -2.24. The maximum atomic E-state index is 11.5. The minimum Gasteiger partial charge on any atom is -0.444 e. The molecule has 6 nitrogen and oxygen atoms in total. The van der Waals surface area contributed by atoms with Crippen LogP contribution in [0.2, 0.25) is 0 Å². The van der Waals surface area contributed by atoms with Gasteiger partial charge >= 0.3 is 6.09 Å². The van der Waals surface area contributed by atoms with Gasteiger partial charge in [-0.15, -0.1) is 0 Å². The first-order valence-corrected chi connectivity index (χ1v) is 8.85. The van der Waals surface area contributed by atoms with Gasteiger partial charge in [-0.05, 0) is 57.2 Å². The van der Waals surface area contributed by atoms with E-state index in [1.165, 1.54) is 5.56 Å². The summed E-state index contributed by atoms with van der Waals surface area (Å²) in [5.41, 5.74) is 7.63. The second kappa shape index (κ2) is 9.91. The second-order valence-electron chi connectivity index (χ2n) is 7.11. The summed E-state index contributed by atoms with van der Waals surface area (Å²) in [6.45, 7) is 10.9. The van der Waals surface area contributed by atoms with Crippen LogP contribution in [0.4, 0.5) is 10.5 Å². The fourth-order valence-corrected chi connectivity index (χ4v) is 2.10. The molecule has 0 aliphatic heterocycles. The van der Waals surface area contributed by atoms with Crippen molar-refractivity contribution in [2.75, 3.05) is 18.4 Å². The number of amides is 1. The van der Waals surface area contributed by atoms with E-state index in [4.69, 9.17) is 10.5 Å². The third-order valence-corrected chi connectivity index (χ3v) is 3.65. The number of rotatable bonds is 7. The molecule has 0 aromatic heterocycles. The van der Waals surface area contributed by atoms with Crippen LogP contribution in [0.25, 0.3) is 0 Å². The van der Waals surface area contributed by atoms with Crippen molar-refractivity contribution >= 4 is 17.7 Å². The van der Waals surface area contributed by atoms with E-state index in [2.05, 4.69) is 41.6 Å². The van der Waals surface area contributed by atoms with Crippen molar-refractivity contribution < 1.29 is 9.53 Å². The van der Waals surface area contributed by atoms with Crippen LogP contribution in [0.15, 0.2) is 29.3 Å². The molecular formula is C19H32N4O2. The van der Waals surface area contributed by atoms with Crippen LogP contribution in [0.1, 0.15) is 58.9 Å². The third kappa shape index (κ3) is 8.98. The van der Waals surface area contributed by atoms with Crippen molar-refractivity contribution in [2.24, 2.45) is 10.7 Å². The highest BCUT2D eigenvalue weighted by Crippen LogP contribution is 2.20. The first-order chi connectivity index (χ1) is 11.7. The summed E-state index contributed by atoms with van der Waals surface area (Å²) >= 11 is 0. The molecule has 0 saturated heterocycles. The molecule has 1 unspecified atom stereocenters. The van der Waals surface area contributed by atoms with E-state index in [-0.39, 0.29) is 0 Å². The minimum absolute atomic E-state index is 0.369. The lowest BCUT2D eigenvalue weighted by Gasteiger charge is -2.19. The predicted molar refractivity (Wildman–Crippen MR) is 104 cm³/mol. The van der Waals surface area contributed by atoms with Crippen LogP contribution in [0.5, 0.6) is 0 Å². The molecule has 1 amide bonds. The Morgan fingerprint density at radius 2 is 1.92 bits per heavy atom. The van der Waals surface area contributed by atoms with Crippen LogP contribution in [0.3, 0.4) is 0 Å². The zero-order chi connectivity index (χ0) is 18.9. The topological polar surface area (TPSA) is 88.7 Å². The molecule has 0 aliphatic rings. The summed E-state index contributed by atoms with van der Waals surface area (Å²) in [6.07, 6.45) is 1.39. The van der Waals surface area contributed by atoms with Crippen LogP contribution in [-0.2, 0) is 4.74 Å². The Kier molecular flexibility index (Phi) is 8.25. The van der Waals surface area contributed by atoms with Gasteiger partial charge in [0.05, 0.1) is 0 Å². The van der Waals surface area contributed by atoms with E-state index in [0.717, 1.165) is 12.1 Å². The molecule has 0 radical (unpaired) electrons. The quantitative estimate of drug-likeness (QED) is 0.397. The van der Waals surface area contributed by atoms with Crippen LogP contribution in [-0.4, -0.2) is 30.7 Å². The van der Waals surface area contributed by atoms with Gasteiger partial charge in [-0.2, -0.15) is 0 Å². The van der Waals surface area contributed by atoms with Crippen LogP contribution in [0, 0.1) is 0 Å². The van der Waals surface area contributed by atoms with Gasteiger partial charge < -0.3 is 21.1 Å². The van der Waals surface area contributed by atoms with Gasteiger partial charge in [0, 0.05) is 18.8 Å². The molecule has 0 heterocycles. The van der Waals surface area contributed by atoms with Gasteiger partial charge in [-0.3, -0.25) is 4.99 Å². The van der Waals surface area contributed by atoms with Crippen molar-refractivity contribution in [2.45, 2.75) is 59.0 Å². The van der Waals surface area contributed by atoms with Crippen molar-refractivity contribution in [3.63, 3.8) is 0 Å². The molecule has 0 aliphatic carbocycles. The lowest BCUT2D eigenvalue weighted by atomic mass is 9.99. The average Bonchev–Trinajstić information content (AvgIpc) is 2.52. The Morgan fingerprint density at radius 1 is 1.28 bits per heavy atom. The zero-order valence-corrected chi connectivity index (χ0v) is 16.1. The van der Waals surface area contributed by atoms with E-state index in [1.54, 1.807) is 0 Å².